The highest BCUT2D eigenvalue weighted by molar-refractivity contribution is 4.84. The number of piperidine rings is 1. The van der Waals surface area contributed by atoms with Crippen LogP contribution in [0.2, 0.25) is 0 Å². The van der Waals surface area contributed by atoms with Crippen molar-refractivity contribution in [1.29, 1.82) is 0 Å². The third-order valence-corrected chi connectivity index (χ3v) is 4.05. The van der Waals surface area contributed by atoms with Crippen molar-refractivity contribution in [3.63, 3.8) is 0 Å². The average molecular weight is 224 g/mol. The minimum atomic E-state index is 0.630. The number of nitrogens with zero attached hydrogens (tertiary/aromatic N) is 1. The predicted octanol–water partition coefficient (Wildman–Crippen LogP) is 2.49. The van der Waals surface area contributed by atoms with Crippen molar-refractivity contribution in [2.45, 2.75) is 58.5 Å². The highest BCUT2D eigenvalue weighted by atomic mass is 15.2. The monoisotopic (exact) mass is 224 g/mol. The first kappa shape index (κ1) is 12.4. The van der Waals surface area contributed by atoms with Crippen LogP contribution in [-0.2, 0) is 0 Å². The van der Waals surface area contributed by atoms with Gasteiger partial charge in [0.15, 0.2) is 0 Å². The highest BCUT2D eigenvalue weighted by Crippen LogP contribution is 2.37. The van der Waals surface area contributed by atoms with Crippen LogP contribution in [0.1, 0.15) is 46.5 Å². The van der Waals surface area contributed by atoms with E-state index in [0.29, 0.717) is 6.04 Å². The molecule has 2 aliphatic rings. The fourth-order valence-corrected chi connectivity index (χ4v) is 3.05. The van der Waals surface area contributed by atoms with Crippen molar-refractivity contribution in [2.24, 2.45) is 11.8 Å². The summed E-state index contributed by atoms with van der Waals surface area (Å²) < 4.78 is 0. The molecule has 0 aromatic rings. The molecule has 1 heterocycles. The molecule has 1 N–H and O–H groups in total. The van der Waals surface area contributed by atoms with Gasteiger partial charge in [0.2, 0.25) is 0 Å². The molecule has 16 heavy (non-hydrogen) atoms. The smallest absolute Gasteiger partial charge is 0.0197 e. The highest BCUT2D eigenvalue weighted by Gasteiger charge is 2.30. The first-order valence-electron chi connectivity index (χ1n) is 7.13. The number of likely N-dealkylation sites (tertiary alicyclic amines) is 1. The summed E-state index contributed by atoms with van der Waals surface area (Å²) >= 11 is 0. The van der Waals surface area contributed by atoms with Gasteiger partial charge in [0.1, 0.15) is 0 Å². The minimum Gasteiger partial charge on any atom is -0.311 e. The van der Waals surface area contributed by atoms with Gasteiger partial charge in [-0.1, -0.05) is 20.8 Å². The van der Waals surface area contributed by atoms with Crippen LogP contribution >= 0.6 is 0 Å². The Labute approximate surface area is 101 Å². The standard InChI is InChI=1S/C14H28N2/c1-11(2)15-14-5-4-8-16(10-14)9-12(3)13-6-7-13/h11-15H,4-10H2,1-3H3. The molecule has 2 heteroatoms. The number of rotatable bonds is 5. The van der Waals surface area contributed by atoms with Crippen molar-refractivity contribution in [2.75, 3.05) is 19.6 Å². The first-order chi connectivity index (χ1) is 7.65. The maximum absolute atomic E-state index is 3.69. The second kappa shape index (κ2) is 5.50. The second-order valence-electron chi connectivity index (χ2n) is 6.23. The fourth-order valence-electron chi connectivity index (χ4n) is 3.05. The zero-order chi connectivity index (χ0) is 11.5. The van der Waals surface area contributed by atoms with Gasteiger partial charge < -0.3 is 10.2 Å². The average Bonchev–Trinajstić information content (AvgIpc) is 2.99. The van der Waals surface area contributed by atoms with E-state index in [1.165, 1.54) is 45.3 Å². The van der Waals surface area contributed by atoms with Crippen LogP contribution in [0.15, 0.2) is 0 Å². The lowest BCUT2D eigenvalue weighted by Crippen LogP contribution is -2.48. The van der Waals surface area contributed by atoms with Gasteiger partial charge in [0.25, 0.3) is 0 Å². The van der Waals surface area contributed by atoms with E-state index < -0.39 is 0 Å². The van der Waals surface area contributed by atoms with Crippen LogP contribution in [0.3, 0.4) is 0 Å². The normalized spacial score (nSPS) is 29.6. The first-order valence-corrected chi connectivity index (χ1v) is 7.13. The zero-order valence-corrected chi connectivity index (χ0v) is 11.2. The lowest BCUT2D eigenvalue weighted by Gasteiger charge is -2.35. The Bertz CT molecular complexity index is 211. The van der Waals surface area contributed by atoms with Gasteiger partial charge in [-0.2, -0.15) is 0 Å². The van der Waals surface area contributed by atoms with E-state index in [0.717, 1.165) is 17.9 Å². The van der Waals surface area contributed by atoms with Crippen LogP contribution in [-0.4, -0.2) is 36.6 Å². The van der Waals surface area contributed by atoms with Crippen molar-refractivity contribution in [1.82, 2.24) is 10.2 Å². The summed E-state index contributed by atoms with van der Waals surface area (Å²) in [7, 11) is 0. The van der Waals surface area contributed by atoms with Crippen LogP contribution < -0.4 is 5.32 Å². The quantitative estimate of drug-likeness (QED) is 0.772. The molecular weight excluding hydrogens is 196 g/mol. The summed E-state index contributed by atoms with van der Waals surface area (Å²) in [6.07, 6.45) is 5.72. The van der Waals surface area contributed by atoms with Gasteiger partial charge in [-0.15, -0.1) is 0 Å². The minimum absolute atomic E-state index is 0.630. The Morgan fingerprint density at radius 2 is 1.94 bits per heavy atom. The van der Waals surface area contributed by atoms with Gasteiger partial charge in [-0.3, -0.25) is 0 Å². The summed E-state index contributed by atoms with van der Waals surface area (Å²) in [5.74, 6) is 1.98. The molecule has 1 aliphatic carbocycles. The Balaban J connectivity index is 1.72. The molecule has 94 valence electrons. The van der Waals surface area contributed by atoms with E-state index in [2.05, 4.69) is 31.0 Å². The van der Waals surface area contributed by atoms with Gasteiger partial charge in [-0.25, -0.2) is 0 Å². The SMILES string of the molecule is CC(C)NC1CCCN(CC(C)C2CC2)C1. The Kier molecular flexibility index (Phi) is 4.26. The van der Waals surface area contributed by atoms with Crippen LogP contribution in [0, 0.1) is 11.8 Å². The molecule has 0 spiro atoms. The molecule has 2 nitrogen and oxygen atoms in total. The molecule has 2 rings (SSSR count). The molecule has 1 saturated carbocycles. The van der Waals surface area contributed by atoms with Crippen molar-refractivity contribution in [3.05, 3.63) is 0 Å². The van der Waals surface area contributed by atoms with Gasteiger partial charge >= 0.3 is 0 Å². The molecule has 2 atom stereocenters. The lowest BCUT2D eigenvalue weighted by molar-refractivity contribution is 0.159. The van der Waals surface area contributed by atoms with E-state index in [1.807, 2.05) is 0 Å². The maximum atomic E-state index is 3.69. The molecule has 0 amide bonds. The van der Waals surface area contributed by atoms with E-state index >= 15 is 0 Å². The van der Waals surface area contributed by atoms with Crippen molar-refractivity contribution < 1.29 is 0 Å². The van der Waals surface area contributed by atoms with E-state index in [9.17, 15) is 0 Å². The van der Waals surface area contributed by atoms with E-state index in [-0.39, 0.29) is 0 Å². The van der Waals surface area contributed by atoms with Crippen LogP contribution in [0.5, 0.6) is 0 Å². The van der Waals surface area contributed by atoms with Gasteiger partial charge in [-0.05, 0) is 44.1 Å². The van der Waals surface area contributed by atoms with Crippen LogP contribution in [0.25, 0.3) is 0 Å². The van der Waals surface area contributed by atoms with E-state index in [1.54, 1.807) is 0 Å². The summed E-state index contributed by atoms with van der Waals surface area (Å²) in [6, 6.07) is 1.37. The second-order valence-corrected chi connectivity index (χ2v) is 6.23. The van der Waals surface area contributed by atoms with Gasteiger partial charge in [0, 0.05) is 25.2 Å². The Morgan fingerprint density at radius 3 is 2.56 bits per heavy atom. The molecule has 0 aromatic carbocycles. The molecule has 0 aromatic heterocycles. The molecule has 2 fully saturated rings. The number of hydrogen-bond donors (Lipinski definition) is 1. The predicted molar refractivity (Wildman–Crippen MR) is 69.6 cm³/mol. The molecule has 1 aliphatic heterocycles. The summed E-state index contributed by atoms with van der Waals surface area (Å²) in [5.41, 5.74) is 0. The molecule has 1 saturated heterocycles. The Hall–Kier alpha value is -0.0800. The molecular formula is C14H28N2. The zero-order valence-electron chi connectivity index (χ0n) is 11.2. The molecule has 0 radical (unpaired) electrons. The van der Waals surface area contributed by atoms with Crippen LogP contribution in [0.4, 0.5) is 0 Å². The third-order valence-electron chi connectivity index (χ3n) is 4.05. The Morgan fingerprint density at radius 1 is 1.19 bits per heavy atom. The van der Waals surface area contributed by atoms with Crippen molar-refractivity contribution in [3.8, 4) is 0 Å². The third kappa shape index (κ3) is 3.74. The van der Waals surface area contributed by atoms with E-state index in [4.69, 9.17) is 0 Å². The van der Waals surface area contributed by atoms with Gasteiger partial charge in [0.05, 0.1) is 0 Å². The maximum Gasteiger partial charge on any atom is 0.0197 e. The molecule has 2 unspecified atom stereocenters. The topological polar surface area (TPSA) is 15.3 Å². The fraction of sp³-hybridized carbons (Fsp3) is 1.00. The summed E-state index contributed by atoms with van der Waals surface area (Å²) in [5, 5.41) is 3.69. The number of nitrogens with one attached hydrogen (secondary N) is 1. The van der Waals surface area contributed by atoms with Crippen molar-refractivity contribution >= 4 is 0 Å². The molecule has 0 bridgehead atoms. The lowest BCUT2D eigenvalue weighted by atomic mass is 10.0. The summed E-state index contributed by atoms with van der Waals surface area (Å²) in [6.45, 7) is 10.9. The number of hydrogen-bond acceptors (Lipinski definition) is 2. The summed E-state index contributed by atoms with van der Waals surface area (Å²) in [4.78, 5) is 2.69. The largest absolute Gasteiger partial charge is 0.311 e.